The van der Waals surface area contributed by atoms with E-state index in [2.05, 4.69) is 25.3 Å². The molecule has 0 rings (SSSR count). The number of carboxylic acid groups (broad SMARTS) is 2. The zero-order valence-electron chi connectivity index (χ0n) is 5.47. The Labute approximate surface area is 74.4 Å². The fourth-order valence-corrected chi connectivity index (χ4v) is 1.00. The van der Waals surface area contributed by atoms with Gasteiger partial charge in [-0.3, -0.25) is 9.59 Å². The predicted octanol–water partition coefficient (Wildman–Crippen LogP) is 0.142. The third-order valence-corrected chi connectivity index (χ3v) is 1.88. The van der Waals surface area contributed by atoms with E-state index in [0.29, 0.717) is 0 Å². The molecule has 0 saturated carbocycles. The molecule has 0 aliphatic rings. The van der Waals surface area contributed by atoms with Gasteiger partial charge in [-0.2, -0.15) is 25.3 Å². The van der Waals surface area contributed by atoms with Crippen LogP contribution in [0.1, 0.15) is 6.42 Å². The van der Waals surface area contributed by atoms with E-state index in [-0.39, 0.29) is 6.42 Å². The van der Waals surface area contributed by atoms with E-state index in [1.807, 2.05) is 0 Å². The number of hydrogen-bond acceptors (Lipinski definition) is 4. The van der Waals surface area contributed by atoms with Gasteiger partial charge in [0.05, 0.1) is 0 Å². The summed E-state index contributed by atoms with van der Waals surface area (Å²) in [7, 11) is 0. The Morgan fingerprint density at radius 2 is 1.36 bits per heavy atom. The number of rotatable bonds is 4. The minimum Gasteiger partial charge on any atom is -0.480 e. The van der Waals surface area contributed by atoms with Crippen LogP contribution in [0.5, 0.6) is 0 Å². The zero-order valence-corrected chi connectivity index (χ0v) is 7.26. The lowest BCUT2D eigenvalue weighted by Gasteiger charge is -2.07. The Kier molecular flexibility index (Phi) is 4.36. The molecule has 0 saturated heterocycles. The highest BCUT2D eigenvalue weighted by atomic mass is 32.1. The van der Waals surface area contributed by atoms with E-state index in [0.717, 1.165) is 0 Å². The monoisotopic (exact) mass is 196 g/mol. The maximum Gasteiger partial charge on any atom is 0.316 e. The van der Waals surface area contributed by atoms with Crippen LogP contribution in [0.3, 0.4) is 0 Å². The summed E-state index contributed by atoms with van der Waals surface area (Å²) in [5.74, 6) is -2.26. The van der Waals surface area contributed by atoms with Crippen LogP contribution in [0.25, 0.3) is 0 Å². The lowest BCUT2D eigenvalue weighted by Crippen LogP contribution is -2.23. The summed E-state index contributed by atoms with van der Waals surface area (Å²) in [6.45, 7) is 0. The Morgan fingerprint density at radius 3 is 1.55 bits per heavy atom. The molecule has 0 aromatic rings. The second-order valence-corrected chi connectivity index (χ2v) is 3.19. The van der Waals surface area contributed by atoms with Gasteiger partial charge in [0, 0.05) is 0 Å². The summed E-state index contributed by atoms with van der Waals surface area (Å²) in [6, 6.07) is 0. The molecule has 0 fully saturated rings. The van der Waals surface area contributed by atoms with E-state index < -0.39 is 22.4 Å². The summed E-state index contributed by atoms with van der Waals surface area (Å²) < 4.78 is 0. The minimum absolute atomic E-state index is 0.0864. The van der Waals surface area contributed by atoms with Gasteiger partial charge < -0.3 is 10.2 Å². The van der Waals surface area contributed by atoms with E-state index >= 15 is 0 Å². The van der Waals surface area contributed by atoms with E-state index in [1.54, 1.807) is 0 Å². The fourth-order valence-electron chi connectivity index (χ4n) is 0.413. The zero-order chi connectivity index (χ0) is 9.02. The highest BCUT2D eigenvalue weighted by Crippen LogP contribution is 2.10. The van der Waals surface area contributed by atoms with Crippen LogP contribution in [-0.2, 0) is 9.59 Å². The van der Waals surface area contributed by atoms with Crippen molar-refractivity contribution in [1.82, 2.24) is 0 Å². The van der Waals surface area contributed by atoms with Gasteiger partial charge in [-0.15, -0.1) is 0 Å². The molecular weight excluding hydrogens is 188 g/mol. The highest BCUT2D eigenvalue weighted by molar-refractivity contribution is 7.82. The first kappa shape index (κ1) is 10.6. The average Bonchev–Trinajstić information content (AvgIpc) is 1.87. The molecule has 0 amide bonds. The number of carbonyl (C=O) groups is 2. The molecule has 11 heavy (non-hydrogen) atoms. The van der Waals surface area contributed by atoms with Crippen molar-refractivity contribution in [2.45, 2.75) is 16.9 Å². The van der Waals surface area contributed by atoms with Gasteiger partial charge in [-0.25, -0.2) is 0 Å². The molecule has 0 spiro atoms. The van der Waals surface area contributed by atoms with E-state index in [1.165, 1.54) is 0 Å². The lowest BCUT2D eigenvalue weighted by molar-refractivity contribution is -0.137. The third kappa shape index (κ3) is 4.15. The Hall–Kier alpha value is -0.360. The van der Waals surface area contributed by atoms with Crippen LogP contribution in [0, 0.1) is 0 Å². The first-order valence-electron chi connectivity index (χ1n) is 2.77. The standard InChI is InChI=1S/C5H8O4S2/c6-4(7)2(10)1-3(11)5(8)9/h2-3,10-11H,1H2,(H,6,7)(H,8,9). The SMILES string of the molecule is O=C(O)C(S)CC(S)C(=O)O. The molecule has 2 unspecified atom stereocenters. The second-order valence-electron chi connectivity index (χ2n) is 1.94. The summed E-state index contributed by atoms with van der Waals surface area (Å²) >= 11 is 7.29. The molecule has 0 heterocycles. The molecule has 0 aliphatic carbocycles. The summed E-state index contributed by atoms with van der Waals surface area (Å²) in [5, 5.41) is 14.7. The Bertz CT molecular complexity index is 152. The molecule has 64 valence electrons. The number of hydrogen-bond donors (Lipinski definition) is 4. The normalized spacial score (nSPS) is 15.5. The van der Waals surface area contributed by atoms with Gasteiger partial charge in [-0.1, -0.05) is 0 Å². The minimum atomic E-state index is -1.13. The van der Waals surface area contributed by atoms with Gasteiger partial charge in [0.25, 0.3) is 0 Å². The number of aliphatic carboxylic acids is 2. The molecule has 0 aromatic heterocycles. The second kappa shape index (κ2) is 4.50. The number of thiol groups is 2. The quantitative estimate of drug-likeness (QED) is 0.483. The van der Waals surface area contributed by atoms with Crippen molar-refractivity contribution < 1.29 is 19.8 Å². The van der Waals surface area contributed by atoms with Crippen molar-refractivity contribution in [2.24, 2.45) is 0 Å². The van der Waals surface area contributed by atoms with Gasteiger partial charge in [0.2, 0.25) is 0 Å². The molecule has 0 aliphatic heterocycles. The van der Waals surface area contributed by atoms with Gasteiger partial charge >= 0.3 is 11.9 Å². The molecule has 0 bridgehead atoms. The summed E-state index contributed by atoms with van der Waals surface area (Å²) in [5.41, 5.74) is 0. The third-order valence-electron chi connectivity index (χ3n) is 1.02. The van der Waals surface area contributed by atoms with Crippen molar-refractivity contribution in [1.29, 1.82) is 0 Å². The van der Waals surface area contributed by atoms with Gasteiger partial charge in [-0.05, 0) is 6.42 Å². The van der Waals surface area contributed by atoms with E-state index in [4.69, 9.17) is 10.2 Å². The molecule has 0 aromatic carbocycles. The van der Waals surface area contributed by atoms with Crippen molar-refractivity contribution in [3.8, 4) is 0 Å². The van der Waals surface area contributed by atoms with Gasteiger partial charge in [0.15, 0.2) is 0 Å². The highest BCUT2D eigenvalue weighted by Gasteiger charge is 2.20. The first-order valence-corrected chi connectivity index (χ1v) is 3.80. The topological polar surface area (TPSA) is 74.6 Å². The largest absolute Gasteiger partial charge is 0.480 e. The molecule has 4 nitrogen and oxygen atoms in total. The summed E-state index contributed by atoms with van der Waals surface area (Å²) in [4.78, 5) is 20.3. The van der Waals surface area contributed by atoms with Crippen molar-refractivity contribution in [3.63, 3.8) is 0 Å². The Balaban J connectivity index is 3.84. The van der Waals surface area contributed by atoms with E-state index in [9.17, 15) is 9.59 Å². The van der Waals surface area contributed by atoms with Crippen LogP contribution in [0.2, 0.25) is 0 Å². The molecule has 2 atom stereocenters. The fraction of sp³-hybridized carbons (Fsp3) is 0.600. The molecule has 2 N–H and O–H groups in total. The molecule has 0 radical (unpaired) electrons. The van der Waals surface area contributed by atoms with Gasteiger partial charge in [0.1, 0.15) is 10.5 Å². The van der Waals surface area contributed by atoms with Crippen molar-refractivity contribution in [3.05, 3.63) is 0 Å². The molecule has 6 heteroatoms. The number of carboxylic acids is 2. The lowest BCUT2D eigenvalue weighted by atomic mass is 10.2. The van der Waals surface area contributed by atoms with Crippen molar-refractivity contribution in [2.75, 3.05) is 0 Å². The van der Waals surface area contributed by atoms with Crippen LogP contribution in [0.15, 0.2) is 0 Å². The smallest absolute Gasteiger partial charge is 0.316 e. The van der Waals surface area contributed by atoms with Crippen LogP contribution in [-0.4, -0.2) is 32.7 Å². The van der Waals surface area contributed by atoms with Crippen LogP contribution >= 0.6 is 25.3 Å². The van der Waals surface area contributed by atoms with Crippen LogP contribution < -0.4 is 0 Å². The van der Waals surface area contributed by atoms with Crippen LogP contribution in [0.4, 0.5) is 0 Å². The molecular formula is C5H8O4S2. The first-order chi connectivity index (χ1) is 4.95. The maximum atomic E-state index is 10.2. The Morgan fingerprint density at radius 1 is 1.09 bits per heavy atom. The summed E-state index contributed by atoms with van der Waals surface area (Å²) in [6.07, 6.45) is -0.0864. The predicted molar refractivity (Wildman–Crippen MR) is 45.4 cm³/mol. The average molecular weight is 196 g/mol. The maximum absolute atomic E-state index is 10.2. The van der Waals surface area contributed by atoms with Crippen molar-refractivity contribution >= 4 is 37.2 Å².